The molecule has 5 heteroatoms. The van der Waals surface area contributed by atoms with Crippen LogP contribution in [0.4, 0.5) is 0 Å². The molecular formula is C23H30N2O3. The standard InChI is InChI=1S/C23H30N2O3/c1-22-11-10-16(14-18(22)21(27)25-12-6-2-3-7-13-25)23(15-22)24-20(26)17-8-4-5-9-19(17)28-23/h4-5,8-9,16,18H,2-3,6-7,10-15H2,1H3,(H,24,26)/t16-,18+,22+,23-/m0/s1. The van der Waals surface area contributed by atoms with Gasteiger partial charge in [0.05, 0.1) is 5.56 Å². The quantitative estimate of drug-likeness (QED) is 0.805. The van der Waals surface area contributed by atoms with E-state index in [9.17, 15) is 9.59 Å². The Morgan fingerprint density at radius 2 is 1.93 bits per heavy atom. The number of carbonyl (C=O) groups is 2. The smallest absolute Gasteiger partial charge is 0.258 e. The summed E-state index contributed by atoms with van der Waals surface area (Å²) < 4.78 is 6.47. The average Bonchev–Trinajstić information content (AvgIpc) is 2.96. The molecule has 5 aliphatic rings. The van der Waals surface area contributed by atoms with Crippen molar-refractivity contribution in [2.45, 2.75) is 64.0 Å². The number of nitrogens with one attached hydrogen (secondary N) is 1. The Morgan fingerprint density at radius 1 is 1.18 bits per heavy atom. The van der Waals surface area contributed by atoms with Crippen LogP contribution in [0.25, 0.3) is 0 Å². The van der Waals surface area contributed by atoms with E-state index in [2.05, 4.69) is 17.1 Å². The zero-order valence-electron chi connectivity index (χ0n) is 16.7. The fraction of sp³-hybridized carbons (Fsp3) is 0.652. The highest BCUT2D eigenvalue weighted by atomic mass is 16.5. The second-order valence-corrected chi connectivity index (χ2v) is 9.54. The van der Waals surface area contributed by atoms with Crippen molar-refractivity contribution < 1.29 is 14.3 Å². The number of rotatable bonds is 1. The van der Waals surface area contributed by atoms with Gasteiger partial charge in [-0.05, 0) is 49.7 Å². The second-order valence-electron chi connectivity index (χ2n) is 9.54. The zero-order valence-corrected chi connectivity index (χ0v) is 16.7. The predicted octanol–water partition coefficient (Wildman–Crippen LogP) is 3.73. The Bertz CT molecular complexity index is 801. The number of benzene rings is 1. The highest BCUT2D eigenvalue weighted by Gasteiger charge is 2.62. The fourth-order valence-corrected chi connectivity index (χ4v) is 6.14. The van der Waals surface area contributed by atoms with Crippen LogP contribution in [0.3, 0.4) is 0 Å². The third-order valence-electron chi connectivity index (χ3n) is 7.72. The van der Waals surface area contributed by atoms with E-state index in [-0.39, 0.29) is 23.2 Å². The van der Waals surface area contributed by atoms with Crippen molar-refractivity contribution in [1.82, 2.24) is 10.2 Å². The molecule has 4 atom stereocenters. The lowest BCUT2D eigenvalue weighted by molar-refractivity contribution is -0.174. The van der Waals surface area contributed by atoms with Crippen LogP contribution in [0.1, 0.15) is 68.6 Å². The SMILES string of the molecule is C[C@]12CC[C@@H](C[C@@H]1C(=O)N1CCCCCC1)[C@@]1(C2)NC(=O)c2ccccc2O1. The van der Waals surface area contributed by atoms with Gasteiger partial charge in [-0.2, -0.15) is 0 Å². The van der Waals surface area contributed by atoms with Crippen molar-refractivity contribution >= 4 is 11.8 Å². The summed E-state index contributed by atoms with van der Waals surface area (Å²) in [6, 6.07) is 7.48. The molecule has 2 heterocycles. The summed E-state index contributed by atoms with van der Waals surface area (Å²) in [4.78, 5) is 28.3. The maximum absolute atomic E-state index is 13.4. The molecule has 3 aliphatic carbocycles. The Balaban J connectivity index is 1.41. The first-order valence-corrected chi connectivity index (χ1v) is 10.9. The number of para-hydroxylation sites is 1. The highest BCUT2D eigenvalue weighted by Crippen LogP contribution is 2.59. The number of carbonyl (C=O) groups excluding carboxylic acids is 2. The molecule has 28 heavy (non-hydrogen) atoms. The molecule has 1 aromatic carbocycles. The third-order valence-corrected chi connectivity index (χ3v) is 7.72. The highest BCUT2D eigenvalue weighted by molar-refractivity contribution is 5.98. The summed E-state index contributed by atoms with van der Waals surface area (Å²) in [5, 5.41) is 3.21. The molecule has 1 saturated heterocycles. The summed E-state index contributed by atoms with van der Waals surface area (Å²) in [6.07, 6.45) is 8.28. The van der Waals surface area contributed by atoms with Gasteiger partial charge in [0.2, 0.25) is 5.91 Å². The first-order valence-electron chi connectivity index (χ1n) is 10.9. The number of amides is 2. The summed E-state index contributed by atoms with van der Waals surface area (Å²) >= 11 is 0. The fourth-order valence-electron chi connectivity index (χ4n) is 6.14. The number of nitrogens with zero attached hydrogens (tertiary/aromatic N) is 1. The molecule has 6 rings (SSSR count). The maximum Gasteiger partial charge on any atom is 0.258 e. The van der Waals surface area contributed by atoms with Gasteiger partial charge in [0.1, 0.15) is 5.75 Å². The van der Waals surface area contributed by atoms with Crippen molar-refractivity contribution in [2.24, 2.45) is 17.3 Å². The van der Waals surface area contributed by atoms with Crippen LogP contribution in [0.5, 0.6) is 5.75 Å². The average molecular weight is 383 g/mol. The number of ether oxygens (including phenoxy) is 1. The number of likely N-dealkylation sites (tertiary alicyclic amines) is 1. The number of hydrogen-bond acceptors (Lipinski definition) is 3. The normalized spacial score (nSPS) is 37.0. The van der Waals surface area contributed by atoms with Crippen LogP contribution in [0.2, 0.25) is 0 Å². The van der Waals surface area contributed by atoms with E-state index < -0.39 is 5.72 Å². The molecule has 3 saturated carbocycles. The molecule has 0 unspecified atom stereocenters. The van der Waals surface area contributed by atoms with Gasteiger partial charge in [-0.1, -0.05) is 31.9 Å². The van der Waals surface area contributed by atoms with Gasteiger partial charge in [0.15, 0.2) is 5.72 Å². The Hall–Kier alpha value is -2.04. The van der Waals surface area contributed by atoms with Crippen LogP contribution >= 0.6 is 0 Å². The molecule has 4 fully saturated rings. The largest absolute Gasteiger partial charge is 0.467 e. The predicted molar refractivity (Wildman–Crippen MR) is 106 cm³/mol. The molecule has 150 valence electrons. The van der Waals surface area contributed by atoms with Crippen LogP contribution in [-0.4, -0.2) is 35.5 Å². The minimum Gasteiger partial charge on any atom is -0.467 e. The first-order chi connectivity index (χ1) is 13.5. The molecule has 2 aliphatic heterocycles. The van der Waals surface area contributed by atoms with Crippen molar-refractivity contribution in [3.63, 3.8) is 0 Å². The molecule has 5 nitrogen and oxygen atoms in total. The zero-order chi connectivity index (χ0) is 19.4. The van der Waals surface area contributed by atoms with Crippen molar-refractivity contribution in [3.05, 3.63) is 29.8 Å². The van der Waals surface area contributed by atoms with Crippen molar-refractivity contribution in [1.29, 1.82) is 0 Å². The molecule has 1 spiro atoms. The number of fused-ring (bicyclic) bond motifs is 3. The summed E-state index contributed by atoms with van der Waals surface area (Å²) in [5.41, 5.74) is -0.178. The molecule has 0 aromatic heterocycles. The molecule has 2 bridgehead atoms. The lowest BCUT2D eigenvalue weighted by atomic mass is 9.52. The lowest BCUT2D eigenvalue weighted by Crippen LogP contribution is -2.69. The van der Waals surface area contributed by atoms with Crippen LogP contribution in [0.15, 0.2) is 24.3 Å². The van der Waals surface area contributed by atoms with Crippen LogP contribution in [0, 0.1) is 17.3 Å². The van der Waals surface area contributed by atoms with Gasteiger partial charge in [-0.25, -0.2) is 0 Å². The summed E-state index contributed by atoms with van der Waals surface area (Å²) in [7, 11) is 0. The Kier molecular flexibility index (Phi) is 4.18. The number of hydrogen-bond donors (Lipinski definition) is 1. The van der Waals surface area contributed by atoms with Crippen LogP contribution in [-0.2, 0) is 4.79 Å². The van der Waals surface area contributed by atoms with E-state index in [0.717, 1.165) is 51.6 Å². The minimum absolute atomic E-state index is 0.0478. The maximum atomic E-state index is 13.4. The molecule has 1 N–H and O–H groups in total. The van der Waals surface area contributed by atoms with Gasteiger partial charge in [0, 0.05) is 31.3 Å². The monoisotopic (exact) mass is 382 g/mol. The van der Waals surface area contributed by atoms with Crippen molar-refractivity contribution in [3.8, 4) is 5.75 Å². The Labute approximate surface area is 166 Å². The van der Waals surface area contributed by atoms with Crippen molar-refractivity contribution in [2.75, 3.05) is 13.1 Å². The summed E-state index contributed by atoms with van der Waals surface area (Å²) in [6.45, 7) is 4.05. The minimum atomic E-state index is -0.659. The van der Waals surface area contributed by atoms with E-state index in [1.165, 1.54) is 12.8 Å². The molecular weight excluding hydrogens is 352 g/mol. The topological polar surface area (TPSA) is 58.6 Å². The van der Waals surface area contributed by atoms with E-state index in [1.807, 2.05) is 24.3 Å². The Morgan fingerprint density at radius 3 is 2.68 bits per heavy atom. The lowest BCUT2D eigenvalue weighted by Gasteiger charge is -2.60. The van der Waals surface area contributed by atoms with Crippen LogP contribution < -0.4 is 10.1 Å². The molecule has 2 amide bonds. The second kappa shape index (κ2) is 6.50. The van der Waals surface area contributed by atoms with Gasteiger partial charge < -0.3 is 15.0 Å². The first kappa shape index (κ1) is 18.0. The van der Waals surface area contributed by atoms with Gasteiger partial charge in [0.25, 0.3) is 5.91 Å². The van der Waals surface area contributed by atoms with E-state index >= 15 is 0 Å². The third kappa shape index (κ3) is 2.73. The van der Waals surface area contributed by atoms with E-state index in [1.54, 1.807) is 0 Å². The molecule has 1 aromatic rings. The van der Waals surface area contributed by atoms with E-state index in [4.69, 9.17) is 4.74 Å². The van der Waals surface area contributed by atoms with Gasteiger partial charge in [-0.3, -0.25) is 9.59 Å². The molecule has 0 radical (unpaired) electrons. The van der Waals surface area contributed by atoms with Gasteiger partial charge >= 0.3 is 0 Å². The van der Waals surface area contributed by atoms with Gasteiger partial charge in [-0.15, -0.1) is 0 Å². The summed E-state index contributed by atoms with van der Waals surface area (Å²) in [5.74, 6) is 1.21. The van der Waals surface area contributed by atoms with E-state index in [0.29, 0.717) is 17.2 Å².